The van der Waals surface area contributed by atoms with E-state index < -0.39 is 5.41 Å². The number of benzene rings is 2. The average molecular weight is 305 g/mol. The maximum Gasteiger partial charge on any atom is 0.233 e. The first-order valence-corrected chi connectivity index (χ1v) is 7.94. The highest BCUT2D eigenvalue weighted by Crippen LogP contribution is 2.41. The molecule has 3 N–H and O–H groups in total. The molecular weight excluding hydrogens is 286 g/mol. The fourth-order valence-electron chi connectivity index (χ4n) is 3.11. The Morgan fingerprint density at radius 2 is 1.91 bits per heavy atom. The van der Waals surface area contributed by atoms with Crippen molar-refractivity contribution in [1.82, 2.24) is 10.2 Å². The molecule has 1 atom stereocenters. The minimum atomic E-state index is -0.937. The van der Waals surface area contributed by atoms with Crippen LogP contribution in [0.4, 0.5) is 0 Å². The molecule has 4 nitrogen and oxygen atoms in total. The molecule has 1 heterocycles. The largest absolute Gasteiger partial charge is 0.369 e. The molecule has 1 unspecified atom stereocenters. The molecule has 1 fully saturated rings. The second-order valence-electron chi connectivity index (χ2n) is 6.53. The van der Waals surface area contributed by atoms with Gasteiger partial charge >= 0.3 is 0 Å². The van der Waals surface area contributed by atoms with Gasteiger partial charge in [-0.1, -0.05) is 36.4 Å². The van der Waals surface area contributed by atoms with Crippen LogP contribution in [0.15, 0.2) is 48.5 Å². The molecule has 1 aliphatic rings. The Morgan fingerprint density at radius 3 is 2.61 bits per heavy atom. The molecule has 1 saturated carbocycles. The van der Waals surface area contributed by atoms with E-state index in [0.29, 0.717) is 11.6 Å². The number of aromatic nitrogens is 2. The van der Waals surface area contributed by atoms with Gasteiger partial charge in [0.25, 0.3) is 0 Å². The van der Waals surface area contributed by atoms with Gasteiger partial charge in [0.15, 0.2) is 0 Å². The predicted octanol–water partition coefficient (Wildman–Crippen LogP) is 3.23. The number of rotatable bonds is 4. The van der Waals surface area contributed by atoms with E-state index in [-0.39, 0.29) is 5.91 Å². The number of hydrogen-bond donors (Lipinski definition) is 2. The van der Waals surface area contributed by atoms with Crippen LogP contribution in [0.5, 0.6) is 0 Å². The number of primary amides is 1. The zero-order valence-electron chi connectivity index (χ0n) is 13.0. The third-order valence-corrected chi connectivity index (χ3v) is 4.95. The Kier molecular flexibility index (Phi) is 3.01. The molecular formula is C19H19N3O. The SMILES string of the molecule is CC(C(N)=O)(c1ccc2ccccc2c1)c1cc(C2CC2)[nH]n1. The Labute approximate surface area is 134 Å². The zero-order valence-corrected chi connectivity index (χ0v) is 13.0. The van der Waals surface area contributed by atoms with E-state index in [4.69, 9.17) is 5.73 Å². The molecule has 1 aliphatic carbocycles. The number of amides is 1. The van der Waals surface area contributed by atoms with Crippen LogP contribution in [0, 0.1) is 0 Å². The molecule has 116 valence electrons. The number of nitrogens with zero attached hydrogens (tertiary/aromatic N) is 1. The lowest BCUT2D eigenvalue weighted by atomic mass is 9.78. The molecule has 1 aromatic heterocycles. The van der Waals surface area contributed by atoms with Crippen LogP contribution in [0.2, 0.25) is 0 Å². The van der Waals surface area contributed by atoms with Crippen LogP contribution in [0.1, 0.15) is 42.6 Å². The standard InChI is InChI=1S/C19H19N3O/c1-19(18(20)23,17-11-16(21-22-17)13-6-7-13)15-9-8-12-4-2-3-5-14(12)10-15/h2-5,8-11,13H,6-7H2,1H3,(H2,20,23)(H,21,22). The van der Waals surface area contributed by atoms with Crippen molar-refractivity contribution in [2.75, 3.05) is 0 Å². The molecule has 0 spiro atoms. The molecule has 1 amide bonds. The Balaban J connectivity index is 1.85. The third kappa shape index (κ3) is 2.22. The van der Waals surface area contributed by atoms with Gasteiger partial charge in [-0.25, -0.2) is 0 Å². The molecule has 4 rings (SSSR count). The van der Waals surface area contributed by atoms with Gasteiger partial charge in [0.2, 0.25) is 5.91 Å². The average Bonchev–Trinajstić information content (AvgIpc) is 3.30. The number of nitrogens with two attached hydrogens (primary N) is 1. The molecule has 0 bridgehead atoms. The van der Waals surface area contributed by atoms with Gasteiger partial charge in [-0.3, -0.25) is 9.89 Å². The Bertz CT molecular complexity index is 894. The maximum atomic E-state index is 12.3. The van der Waals surface area contributed by atoms with Crippen LogP contribution in [0.25, 0.3) is 10.8 Å². The van der Waals surface area contributed by atoms with Crippen molar-refractivity contribution < 1.29 is 4.79 Å². The first-order valence-electron chi connectivity index (χ1n) is 7.94. The van der Waals surface area contributed by atoms with Gasteiger partial charge in [-0.05, 0) is 48.2 Å². The van der Waals surface area contributed by atoms with Crippen LogP contribution in [0.3, 0.4) is 0 Å². The Morgan fingerprint density at radius 1 is 1.17 bits per heavy atom. The molecule has 0 saturated heterocycles. The van der Waals surface area contributed by atoms with Gasteiger partial charge in [0.05, 0.1) is 5.69 Å². The van der Waals surface area contributed by atoms with E-state index >= 15 is 0 Å². The molecule has 0 aliphatic heterocycles. The van der Waals surface area contributed by atoms with Crippen molar-refractivity contribution in [1.29, 1.82) is 0 Å². The van der Waals surface area contributed by atoms with E-state index in [1.54, 1.807) is 0 Å². The summed E-state index contributed by atoms with van der Waals surface area (Å²) in [6, 6.07) is 16.1. The summed E-state index contributed by atoms with van der Waals surface area (Å²) < 4.78 is 0. The van der Waals surface area contributed by atoms with Crippen molar-refractivity contribution in [3.63, 3.8) is 0 Å². The normalized spacial score (nSPS) is 17.1. The van der Waals surface area contributed by atoms with E-state index in [1.807, 2.05) is 49.4 Å². The summed E-state index contributed by atoms with van der Waals surface area (Å²) in [5, 5.41) is 9.71. The minimum absolute atomic E-state index is 0.387. The molecule has 23 heavy (non-hydrogen) atoms. The summed E-state index contributed by atoms with van der Waals surface area (Å²) in [6.45, 7) is 1.85. The van der Waals surface area contributed by atoms with E-state index in [1.165, 1.54) is 12.8 Å². The zero-order chi connectivity index (χ0) is 16.0. The highest BCUT2D eigenvalue weighted by atomic mass is 16.1. The van der Waals surface area contributed by atoms with Gasteiger partial charge < -0.3 is 5.73 Å². The summed E-state index contributed by atoms with van der Waals surface area (Å²) >= 11 is 0. The van der Waals surface area contributed by atoms with Gasteiger partial charge in [0.1, 0.15) is 5.41 Å². The smallest absolute Gasteiger partial charge is 0.233 e. The second kappa shape index (κ2) is 4.95. The number of carbonyl (C=O) groups excluding carboxylic acids is 1. The van der Waals surface area contributed by atoms with E-state index in [2.05, 4.69) is 16.3 Å². The molecule has 2 aromatic carbocycles. The van der Waals surface area contributed by atoms with E-state index in [0.717, 1.165) is 22.0 Å². The van der Waals surface area contributed by atoms with Gasteiger partial charge in [-0.15, -0.1) is 0 Å². The number of aromatic amines is 1. The van der Waals surface area contributed by atoms with Crippen molar-refractivity contribution in [3.8, 4) is 0 Å². The van der Waals surface area contributed by atoms with Crippen LogP contribution in [-0.2, 0) is 10.2 Å². The quantitative estimate of drug-likeness (QED) is 0.776. The summed E-state index contributed by atoms with van der Waals surface area (Å²) in [6.07, 6.45) is 2.37. The van der Waals surface area contributed by atoms with Crippen molar-refractivity contribution in [2.45, 2.75) is 31.1 Å². The Hall–Kier alpha value is -2.62. The number of nitrogens with one attached hydrogen (secondary N) is 1. The predicted molar refractivity (Wildman–Crippen MR) is 90.2 cm³/mol. The van der Waals surface area contributed by atoms with Crippen LogP contribution < -0.4 is 5.73 Å². The number of H-pyrrole nitrogens is 1. The number of fused-ring (bicyclic) bond motifs is 1. The molecule has 0 radical (unpaired) electrons. The van der Waals surface area contributed by atoms with Crippen molar-refractivity contribution >= 4 is 16.7 Å². The lowest BCUT2D eigenvalue weighted by molar-refractivity contribution is -0.121. The van der Waals surface area contributed by atoms with E-state index in [9.17, 15) is 4.79 Å². The topological polar surface area (TPSA) is 71.8 Å². The van der Waals surface area contributed by atoms with Crippen LogP contribution in [-0.4, -0.2) is 16.1 Å². The highest BCUT2D eigenvalue weighted by molar-refractivity contribution is 5.92. The fourth-order valence-corrected chi connectivity index (χ4v) is 3.11. The summed E-state index contributed by atoms with van der Waals surface area (Å²) in [5.41, 5.74) is 7.52. The molecule has 3 aromatic rings. The lowest BCUT2D eigenvalue weighted by Gasteiger charge is -2.25. The highest BCUT2D eigenvalue weighted by Gasteiger charge is 2.39. The summed E-state index contributed by atoms with van der Waals surface area (Å²) in [4.78, 5) is 12.3. The van der Waals surface area contributed by atoms with Gasteiger partial charge in [-0.2, -0.15) is 5.10 Å². The second-order valence-corrected chi connectivity index (χ2v) is 6.53. The van der Waals surface area contributed by atoms with Crippen LogP contribution >= 0.6 is 0 Å². The maximum absolute atomic E-state index is 12.3. The summed E-state index contributed by atoms with van der Waals surface area (Å²) in [7, 11) is 0. The van der Waals surface area contributed by atoms with Crippen molar-refractivity contribution in [3.05, 3.63) is 65.5 Å². The number of hydrogen-bond acceptors (Lipinski definition) is 2. The fraction of sp³-hybridized carbons (Fsp3) is 0.263. The monoisotopic (exact) mass is 305 g/mol. The number of carbonyl (C=O) groups is 1. The first-order chi connectivity index (χ1) is 11.1. The van der Waals surface area contributed by atoms with Crippen molar-refractivity contribution in [2.24, 2.45) is 5.73 Å². The molecule has 4 heteroatoms. The van der Waals surface area contributed by atoms with Gasteiger partial charge in [0, 0.05) is 11.6 Å². The lowest BCUT2D eigenvalue weighted by Crippen LogP contribution is -2.39. The summed E-state index contributed by atoms with van der Waals surface area (Å²) in [5.74, 6) is 0.173. The first kappa shape index (κ1) is 14.0. The third-order valence-electron chi connectivity index (χ3n) is 4.95. The minimum Gasteiger partial charge on any atom is -0.369 e.